The van der Waals surface area contributed by atoms with Crippen LogP contribution in [0.25, 0.3) is 0 Å². The Bertz CT molecular complexity index is 357. The molecule has 1 N–H and O–H groups in total. The number of pyridine rings is 1. The maximum Gasteiger partial charge on any atom is 0.225 e. The summed E-state index contributed by atoms with van der Waals surface area (Å²) in [6, 6.07) is 3.62. The van der Waals surface area contributed by atoms with Crippen LogP contribution in [0.1, 0.15) is 18.5 Å². The van der Waals surface area contributed by atoms with Gasteiger partial charge in [-0.05, 0) is 41.4 Å². The van der Waals surface area contributed by atoms with E-state index in [0.29, 0.717) is 24.5 Å². The topological polar surface area (TPSA) is 42.0 Å². The molecule has 0 aliphatic heterocycles. The molecule has 0 aliphatic carbocycles. The molecule has 0 bridgehead atoms. The fourth-order valence-electron chi connectivity index (χ4n) is 1.05. The lowest BCUT2D eigenvalue weighted by Crippen LogP contribution is -2.12. The van der Waals surface area contributed by atoms with Crippen molar-refractivity contribution in [3.8, 4) is 0 Å². The van der Waals surface area contributed by atoms with E-state index in [1.165, 1.54) is 0 Å². The van der Waals surface area contributed by atoms with Crippen LogP contribution in [-0.2, 0) is 4.79 Å². The van der Waals surface area contributed by atoms with Gasteiger partial charge in [0.1, 0.15) is 5.82 Å². The van der Waals surface area contributed by atoms with Gasteiger partial charge in [-0.15, -0.1) is 11.6 Å². The molecule has 0 saturated heterocycles. The number of halogens is 2. The van der Waals surface area contributed by atoms with E-state index >= 15 is 0 Å². The molecule has 0 unspecified atom stereocenters. The van der Waals surface area contributed by atoms with E-state index < -0.39 is 0 Å². The molecule has 0 spiro atoms. The van der Waals surface area contributed by atoms with Gasteiger partial charge in [-0.1, -0.05) is 0 Å². The van der Waals surface area contributed by atoms with Crippen molar-refractivity contribution < 1.29 is 4.79 Å². The predicted octanol–water partition coefficient (Wildman–Crippen LogP) is 3.11. The zero-order chi connectivity index (χ0) is 11.3. The number of carbonyl (C=O) groups is 1. The molecular formula is C10H12BrClN2O. The molecule has 1 aromatic rings. The molecule has 15 heavy (non-hydrogen) atoms. The number of nitrogens with zero attached hydrogens (tertiary/aromatic N) is 1. The van der Waals surface area contributed by atoms with Crippen molar-refractivity contribution in [2.24, 2.45) is 0 Å². The zero-order valence-corrected chi connectivity index (χ0v) is 10.7. The van der Waals surface area contributed by atoms with Crippen molar-refractivity contribution in [2.75, 3.05) is 11.2 Å². The van der Waals surface area contributed by atoms with Gasteiger partial charge in [-0.25, -0.2) is 4.98 Å². The van der Waals surface area contributed by atoms with Gasteiger partial charge in [-0.3, -0.25) is 4.79 Å². The Morgan fingerprint density at radius 2 is 2.33 bits per heavy atom. The van der Waals surface area contributed by atoms with Crippen LogP contribution in [0.4, 0.5) is 5.82 Å². The fourth-order valence-corrected chi connectivity index (χ4v) is 1.40. The Labute approximate surface area is 102 Å². The average molecular weight is 292 g/mol. The minimum atomic E-state index is -0.0510. The molecule has 5 heteroatoms. The molecular weight excluding hydrogens is 279 g/mol. The van der Waals surface area contributed by atoms with Gasteiger partial charge in [0.15, 0.2) is 0 Å². The monoisotopic (exact) mass is 290 g/mol. The van der Waals surface area contributed by atoms with Crippen LogP contribution in [0.15, 0.2) is 16.6 Å². The summed E-state index contributed by atoms with van der Waals surface area (Å²) in [6.45, 7) is 1.87. The van der Waals surface area contributed by atoms with E-state index in [1.807, 2.05) is 13.0 Å². The smallest absolute Gasteiger partial charge is 0.225 e. The number of alkyl halides is 1. The van der Waals surface area contributed by atoms with Gasteiger partial charge >= 0.3 is 0 Å². The third-order valence-corrected chi connectivity index (χ3v) is 2.93. The quantitative estimate of drug-likeness (QED) is 0.866. The molecule has 0 aromatic carbocycles. The van der Waals surface area contributed by atoms with Crippen LogP contribution in [0.3, 0.4) is 0 Å². The standard InChI is InChI=1S/C10H12BrClN2O/c1-7-8(11)4-5-9(13-7)14-10(15)3-2-6-12/h4-5H,2-3,6H2,1H3,(H,13,14,15). The lowest BCUT2D eigenvalue weighted by molar-refractivity contribution is -0.116. The SMILES string of the molecule is Cc1nc(NC(=O)CCCCl)ccc1Br. The summed E-state index contributed by atoms with van der Waals surface area (Å²) < 4.78 is 0.932. The second-order valence-electron chi connectivity index (χ2n) is 3.10. The van der Waals surface area contributed by atoms with Crippen molar-refractivity contribution in [3.05, 3.63) is 22.3 Å². The fraction of sp³-hybridized carbons (Fsp3) is 0.400. The molecule has 0 fully saturated rings. The van der Waals surface area contributed by atoms with Crippen LogP contribution in [0.2, 0.25) is 0 Å². The Morgan fingerprint density at radius 3 is 2.93 bits per heavy atom. The van der Waals surface area contributed by atoms with E-state index in [2.05, 4.69) is 26.2 Å². The first-order chi connectivity index (χ1) is 7.13. The van der Waals surface area contributed by atoms with Gasteiger partial charge in [0.05, 0.1) is 5.69 Å². The maximum absolute atomic E-state index is 11.3. The molecule has 1 heterocycles. The largest absolute Gasteiger partial charge is 0.311 e. The average Bonchev–Trinajstić information content (AvgIpc) is 2.20. The second-order valence-corrected chi connectivity index (χ2v) is 4.34. The molecule has 1 aromatic heterocycles. The van der Waals surface area contributed by atoms with Crippen LogP contribution in [0, 0.1) is 6.92 Å². The van der Waals surface area contributed by atoms with Gasteiger partial charge < -0.3 is 5.32 Å². The summed E-state index contributed by atoms with van der Waals surface area (Å²) in [6.07, 6.45) is 1.11. The summed E-state index contributed by atoms with van der Waals surface area (Å²) in [5.41, 5.74) is 0.852. The van der Waals surface area contributed by atoms with E-state index in [1.54, 1.807) is 6.07 Å². The molecule has 3 nitrogen and oxygen atoms in total. The molecule has 82 valence electrons. The summed E-state index contributed by atoms with van der Waals surface area (Å²) in [7, 11) is 0. The third-order valence-electron chi connectivity index (χ3n) is 1.83. The van der Waals surface area contributed by atoms with Gasteiger partial charge in [-0.2, -0.15) is 0 Å². The number of carbonyl (C=O) groups excluding carboxylic acids is 1. The van der Waals surface area contributed by atoms with Crippen LogP contribution in [0.5, 0.6) is 0 Å². The van der Waals surface area contributed by atoms with Crippen molar-refractivity contribution in [2.45, 2.75) is 19.8 Å². The van der Waals surface area contributed by atoms with Crippen molar-refractivity contribution in [3.63, 3.8) is 0 Å². The van der Waals surface area contributed by atoms with Crippen molar-refractivity contribution in [1.82, 2.24) is 4.98 Å². The lowest BCUT2D eigenvalue weighted by Gasteiger charge is -2.05. The van der Waals surface area contributed by atoms with E-state index in [0.717, 1.165) is 10.2 Å². The number of aromatic nitrogens is 1. The normalized spacial score (nSPS) is 10.1. The molecule has 0 radical (unpaired) electrons. The molecule has 0 saturated carbocycles. The van der Waals surface area contributed by atoms with Crippen molar-refractivity contribution >= 4 is 39.3 Å². The minimum absolute atomic E-state index is 0.0510. The lowest BCUT2D eigenvalue weighted by atomic mass is 10.3. The summed E-state index contributed by atoms with van der Waals surface area (Å²) in [5, 5.41) is 2.72. The number of hydrogen-bond acceptors (Lipinski definition) is 2. The Kier molecular flexibility index (Phi) is 5.05. The first-order valence-electron chi connectivity index (χ1n) is 4.62. The highest BCUT2D eigenvalue weighted by Crippen LogP contribution is 2.16. The number of aryl methyl sites for hydroxylation is 1. The highest BCUT2D eigenvalue weighted by molar-refractivity contribution is 9.10. The predicted molar refractivity (Wildman–Crippen MR) is 65.3 cm³/mol. The molecule has 0 atom stereocenters. The third kappa shape index (κ3) is 4.18. The number of rotatable bonds is 4. The van der Waals surface area contributed by atoms with E-state index in [4.69, 9.17) is 11.6 Å². The minimum Gasteiger partial charge on any atom is -0.311 e. The van der Waals surface area contributed by atoms with Crippen LogP contribution < -0.4 is 5.32 Å². The highest BCUT2D eigenvalue weighted by Gasteiger charge is 2.04. The molecule has 1 rings (SSSR count). The Hall–Kier alpha value is -0.610. The first-order valence-corrected chi connectivity index (χ1v) is 5.95. The summed E-state index contributed by atoms with van der Waals surface area (Å²) in [5.74, 6) is 1.03. The summed E-state index contributed by atoms with van der Waals surface area (Å²) >= 11 is 8.84. The summed E-state index contributed by atoms with van der Waals surface area (Å²) in [4.78, 5) is 15.6. The van der Waals surface area contributed by atoms with Gasteiger partial charge in [0.2, 0.25) is 5.91 Å². The zero-order valence-electron chi connectivity index (χ0n) is 8.39. The van der Waals surface area contributed by atoms with Crippen molar-refractivity contribution in [1.29, 1.82) is 0 Å². The Morgan fingerprint density at radius 1 is 1.60 bits per heavy atom. The van der Waals surface area contributed by atoms with E-state index in [-0.39, 0.29) is 5.91 Å². The highest BCUT2D eigenvalue weighted by atomic mass is 79.9. The number of anilines is 1. The number of hydrogen-bond donors (Lipinski definition) is 1. The van der Waals surface area contributed by atoms with Gasteiger partial charge in [0.25, 0.3) is 0 Å². The van der Waals surface area contributed by atoms with Gasteiger partial charge in [0, 0.05) is 16.8 Å². The van der Waals surface area contributed by atoms with Crippen LogP contribution in [-0.4, -0.2) is 16.8 Å². The van der Waals surface area contributed by atoms with Crippen LogP contribution >= 0.6 is 27.5 Å². The molecule has 0 aliphatic rings. The maximum atomic E-state index is 11.3. The second kappa shape index (κ2) is 6.08. The number of amides is 1. The van der Waals surface area contributed by atoms with E-state index in [9.17, 15) is 4.79 Å². The number of nitrogens with one attached hydrogen (secondary N) is 1. The molecule has 1 amide bonds. The Balaban J connectivity index is 2.57. The first kappa shape index (κ1) is 12.5.